The third-order valence-electron chi connectivity index (χ3n) is 6.30. The number of amides is 2. The van der Waals surface area contributed by atoms with Gasteiger partial charge in [-0.3, -0.25) is 9.59 Å². The van der Waals surface area contributed by atoms with Crippen molar-refractivity contribution in [1.29, 1.82) is 0 Å². The Labute approximate surface area is 220 Å². The van der Waals surface area contributed by atoms with Crippen molar-refractivity contribution >= 4 is 62.7 Å². The standard InChI is InChI=1S/C27H21ClFIN2O3/c1-27(2)24-21(30)11-16(25(33)31-13-17-10-15-6-3-4-9-23(15)35-17)12-22(24)32(26(27)34)14-18-19(28)7-5-8-20(18)29/h3-12H,13-14H2,1-2H3,(H,31,33). The molecule has 0 atom stereocenters. The summed E-state index contributed by atoms with van der Waals surface area (Å²) in [7, 11) is 0. The summed E-state index contributed by atoms with van der Waals surface area (Å²) in [6.45, 7) is 3.86. The van der Waals surface area contributed by atoms with Gasteiger partial charge in [0.25, 0.3) is 5.91 Å². The number of nitrogens with one attached hydrogen (secondary N) is 1. The zero-order chi connectivity index (χ0) is 24.9. The normalized spacial score (nSPS) is 14.4. The SMILES string of the molecule is CC1(C)C(=O)N(Cc2c(F)cccc2Cl)c2cc(C(=O)NCc3cc4ccccc4o3)cc(I)c21. The summed E-state index contributed by atoms with van der Waals surface area (Å²) in [6, 6.07) is 17.4. The highest BCUT2D eigenvalue weighted by atomic mass is 127. The predicted octanol–water partition coefficient (Wildman–Crippen LogP) is 6.58. The van der Waals surface area contributed by atoms with E-state index in [9.17, 15) is 14.0 Å². The van der Waals surface area contributed by atoms with E-state index in [1.54, 1.807) is 18.2 Å². The predicted molar refractivity (Wildman–Crippen MR) is 142 cm³/mol. The van der Waals surface area contributed by atoms with Gasteiger partial charge in [-0.2, -0.15) is 0 Å². The zero-order valence-corrected chi connectivity index (χ0v) is 21.9. The molecule has 1 N–H and O–H groups in total. The number of furan rings is 1. The number of anilines is 1. The first-order valence-corrected chi connectivity index (χ1v) is 12.5. The number of carbonyl (C=O) groups excluding carboxylic acids is 2. The van der Waals surface area contributed by atoms with Gasteiger partial charge in [-0.05, 0) is 72.8 Å². The lowest BCUT2D eigenvalue weighted by molar-refractivity contribution is -0.122. The van der Waals surface area contributed by atoms with Crippen LogP contribution in [0.2, 0.25) is 5.02 Å². The van der Waals surface area contributed by atoms with Gasteiger partial charge in [0, 0.05) is 30.7 Å². The lowest BCUT2D eigenvalue weighted by Gasteiger charge is -2.21. The van der Waals surface area contributed by atoms with Crippen LogP contribution in [0.5, 0.6) is 0 Å². The third-order valence-corrected chi connectivity index (χ3v) is 7.51. The van der Waals surface area contributed by atoms with E-state index in [2.05, 4.69) is 27.9 Å². The van der Waals surface area contributed by atoms with Gasteiger partial charge in [-0.15, -0.1) is 0 Å². The van der Waals surface area contributed by atoms with E-state index in [4.69, 9.17) is 16.0 Å². The highest BCUT2D eigenvalue weighted by molar-refractivity contribution is 14.1. The number of para-hydroxylation sites is 1. The molecule has 0 aliphatic carbocycles. The van der Waals surface area contributed by atoms with E-state index in [1.807, 2.05) is 44.2 Å². The quantitative estimate of drug-likeness (QED) is 0.263. The summed E-state index contributed by atoms with van der Waals surface area (Å²) >= 11 is 8.39. The molecular weight excluding hydrogens is 582 g/mol. The Balaban J connectivity index is 1.45. The number of hydrogen-bond acceptors (Lipinski definition) is 3. The lowest BCUT2D eigenvalue weighted by Crippen LogP contribution is -2.36. The van der Waals surface area contributed by atoms with Crippen LogP contribution in [0, 0.1) is 9.39 Å². The molecule has 4 aromatic rings. The number of carbonyl (C=O) groups is 2. The first kappa shape index (κ1) is 23.8. The van der Waals surface area contributed by atoms with Crippen molar-refractivity contribution in [3.63, 3.8) is 0 Å². The van der Waals surface area contributed by atoms with Gasteiger partial charge >= 0.3 is 0 Å². The van der Waals surface area contributed by atoms with Crippen LogP contribution < -0.4 is 10.2 Å². The fraction of sp³-hybridized carbons (Fsp3) is 0.185. The first-order valence-electron chi connectivity index (χ1n) is 11.0. The number of nitrogens with zero attached hydrogens (tertiary/aromatic N) is 1. The highest BCUT2D eigenvalue weighted by Gasteiger charge is 2.46. The van der Waals surface area contributed by atoms with Crippen molar-refractivity contribution in [3.05, 3.63) is 97.5 Å². The molecule has 35 heavy (non-hydrogen) atoms. The Hall–Kier alpha value is -2.91. The molecule has 5 rings (SSSR count). The van der Waals surface area contributed by atoms with Crippen molar-refractivity contribution in [3.8, 4) is 0 Å². The molecule has 0 bridgehead atoms. The molecule has 0 fully saturated rings. The van der Waals surface area contributed by atoms with Gasteiger partial charge < -0.3 is 14.6 Å². The zero-order valence-electron chi connectivity index (χ0n) is 19.0. The molecule has 0 unspecified atom stereocenters. The van der Waals surface area contributed by atoms with Gasteiger partial charge in [0.15, 0.2) is 0 Å². The molecule has 1 aromatic heterocycles. The van der Waals surface area contributed by atoms with Crippen molar-refractivity contribution in [1.82, 2.24) is 5.32 Å². The fourth-order valence-corrected chi connectivity index (χ4v) is 6.01. The maximum Gasteiger partial charge on any atom is 0.251 e. The molecule has 3 aromatic carbocycles. The maximum atomic E-state index is 14.5. The monoisotopic (exact) mass is 602 g/mol. The van der Waals surface area contributed by atoms with Crippen LogP contribution in [0.25, 0.3) is 11.0 Å². The van der Waals surface area contributed by atoms with Gasteiger partial charge in [-0.1, -0.05) is 35.9 Å². The molecular formula is C27H21ClFIN2O3. The molecule has 1 aliphatic heterocycles. The van der Waals surface area contributed by atoms with E-state index in [0.717, 1.165) is 20.1 Å². The second-order valence-corrected chi connectivity index (χ2v) is 10.6. The van der Waals surface area contributed by atoms with Gasteiger partial charge in [-0.25, -0.2) is 4.39 Å². The number of fused-ring (bicyclic) bond motifs is 2. The van der Waals surface area contributed by atoms with Crippen LogP contribution in [0.1, 0.15) is 41.1 Å². The largest absolute Gasteiger partial charge is 0.459 e. The van der Waals surface area contributed by atoms with E-state index < -0.39 is 11.2 Å². The summed E-state index contributed by atoms with van der Waals surface area (Å²) in [6.07, 6.45) is 0. The van der Waals surface area contributed by atoms with Crippen LogP contribution >= 0.6 is 34.2 Å². The molecule has 2 amide bonds. The summed E-state index contributed by atoms with van der Waals surface area (Å²) in [5.74, 6) is -0.315. The van der Waals surface area contributed by atoms with Crippen LogP contribution in [-0.4, -0.2) is 11.8 Å². The van der Waals surface area contributed by atoms with Gasteiger partial charge in [0.1, 0.15) is 17.2 Å². The Morgan fingerprint density at radius 2 is 1.91 bits per heavy atom. The average molecular weight is 603 g/mol. The van der Waals surface area contributed by atoms with Crippen molar-refractivity contribution in [2.45, 2.75) is 32.4 Å². The molecule has 178 valence electrons. The number of hydrogen-bond donors (Lipinski definition) is 1. The Morgan fingerprint density at radius 1 is 1.14 bits per heavy atom. The third kappa shape index (κ3) is 4.21. The van der Waals surface area contributed by atoms with E-state index in [1.165, 1.54) is 17.0 Å². The van der Waals surface area contributed by atoms with Crippen LogP contribution in [0.3, 0.4) is 0 Å². The van der Waals surface area contributed by atoms with Crippen molar-refractivity contribution in [2.24, 2.45) is 0 Å². The minimum atomic E-state index is -0.827. The summed E-state index contributed by atoms with van der Waals surface area (Å²) in [4.78, 5) is 28.0. The topological polar surface area (TPSA) is 62.6 Å². The number of rotatable bonds is 5. The van der Waals surface area contributed by atoms with Crippen molar-refractivity contribution in [2.75, 3.05) is 4.90 Å². The molecule has 5 nitrogen and oxygen atoms in total. The minimum Gasteiger partial charge on any atom is -0.459 e. The second kappa shape index (κ2) is 8.95. The smallest absolute Gasteiger partial charge is 0.251 e. The average Bonchev–Trinajstić information content (AvgIpc) is 3.31. The van der Waals surface area contributed by atoms with Gasteiger partial charge in [0.2, 0.25) is 5.91 Å². The maximum absolute atomic E-state index is 14.5. The van der Waals surface area contributed by atoms with E-state index in [0.29, 0.717) is 17.0 Å². The molecule has 0 radical (unpaired) electrons. The van der Waals surface area contributed by atoms with E-state index in [-0.39, 0.29) is 35.5 Å². The Kier molecular flexibility index (Phi) is 6.09. The fourth-order valence-electron chi connectivity index (χ4n) is 4.50. The van der Waals surface area contributed by atoms with Crippen LogP contribution in [0.15, 0.2) is 65.1 Å². The molecule has 8 heteroatoms. The molecule has 1 aliphatic rings. The van der Waals surface area contributed by atoms with Crippen LogP contribution in [-0.2, 0) is 23.3 Å². The molecule has 0 saturated heterocycles. The molecule has 0 saturated carbocycles. The van der Waals surface area contributed by atoms with Gasteiger partial charge in [0.05, 0.1) is 24.2 Å². The summed E-state index contributed by atoms with van der Waals surface area (Å²) < 4.78 is 21.1. The second-order valence-electron chi connectivity index (χ2n) is 9.00. The summed E-state index contributed by atoms with van der Waals surface area (Å²) in [5.41, 5.74) is 1.96. The lowest BCUT2D eigenvalue weighted by atomic mass is 9.86. The van der Waals surface area contributed by atoms with Crippen molar-refractivity contribution < 1.29 is 18.4 Å². The molecule has 0 spiro atoms. The Morgan fingerprint density at radius 3 is 2.66 bits per heavy atom. The minimum absolute atomic E-state index is 0.0269. The Bertz CT molecular complexity index is 1440. The van der Waals surface area contributed by atoms with Crippen LogP contribution in [0.4, 0.5) is 10.1 Å². The highest BCUT2D eigenvalue weighted by Crippen LogP contribution is 2.45. The first-order chi connectivity index (χ1) is 16.7. The van der Waals surface area contributed by atoms with E-state index >= 15 is 0 Å². The summed E-state index contributed by atoms with van der Waals surface area (Å²) in [5, 5.41) is 4.10. The number of benzene rings is 3. The number of halogens is 3. The molecule has 2 heterocycles.